The van der Waals surface area contributed by atoms with Gasteiger partial charge in [-0.05, 0) is 45.7 Å². The van der Waals surface area contributed by atoms with Gasteiger partial charge in [0, 0.05) is 43.8 Å². The number of nitrogens with zero attached hydrogens (tertiary/aromatic N) is 2. The molecular formula is C21H33N3O2. The van der Waals surface area contributed by atoms with Crippen molar-refractivity contribution in [3.63, 3.8) is 0 Å². The van der Waals surface area contributed by atoms with Crippen LogP contribution in [0.2, 0.25) is 0 Å². The lowest BCUT2D eigenvalue weighted by Crippen LogP contribution is -2.43. The lowest BCUT2D eigenvalue weighted by molar-refractivity contribution is -0.126. The van der Waals surface area contributed by atoms with E-state index in [9.17, 15) is 9.59 Å². The molecule has 1 aromatic carbocycles. The van der Waals surface area contributed by atoms with Gasteiger partial charge in [-0.25, -0.2) is 0 Å². The van der Waals surface area contributed by atoms with Crippen LogP contribution in [0, 0.1) is 5.92 Å². The van der Waals surface area contributed by atoms with Crippen molar-refractivity contribution in [3.05, 3.63) is 29.8 Å². The Morgan fingerprint density at radius 2 is 1.88 bits per heavy atom. The fraction of sp³-hybridized carbons (Fsp3) is 0.619. The Labute approximate surface area is 157 Å². The molecule has 0 aliphatic carbocycles. The van der Waals surface area contributed by atoms with Gasteiger partial charge in [0.05, 0.1) is 5.92 Å². The third-order valence-corrected chi connectivity index (χ3v) is 5.15. The monoisotopic (exact) mass is 359 g/mol. The first-order valence-electron chi connectivity index (χ1n) is 9.76. The molecular weight excluding hydrogens is 326 g/mol. The maximum Gasteiger partial charge on any atom is 0.227 e. The van der Waals surface area contributed by atoms with Crippen molar-refractivity contribution in [3.8, 4) is 0 Å². The van der Waals surface area contributed by atoms with Gasteiger partial charge in [0.15, 0.2) is 0 Å². The number of carbonyl (C=O) groups is 2. The number of carbonyl (C=O) groups excluding carboxylic acids is 2. The van der Waals surface area contributed by atoms with Gasteiger partial charge in [0.25, 0.3) is 0 Å². The summed E-state index contributed by atoms with van der Waals surface area (Å²) in [4.78, 5) is 29.1. The highest BCUT2D eigenvalue weighted by atomic mass is 16.2. The first-order chi connectivity index (χ1) is 12.3. The van der Waals surface area contributed by atoms with Crippen LogP contribution in [-0.2, 0) is 16.0 Å². The van der Waals surface area contributed by atoms with Crippen LogP contribution in [0.5, 0.6) is 0 Å². The van der Waals surface area contributed by atoms with E-state index in [1.165, 1.54) is 0 Å². The Hall–Kier alpha value is -1.88. The summed E-state index contributed by atoms with van der Waals surface area (Å²) < 4.78 is 0. The van der Waals surface area contributed by atoms with Gasteiger partial charge < -0.3 is 10.2 Å². The van der Waals surface area contributed by atoms with Crippen molar-refractivity contribution >= 4 is 17.5 Å². The number of hydrogen-bond acceptors (Lipinski definition) is 3. The average Bonchev–Trinajstić information content (AvgIpc) is 2.99. The minimum absolute atomic E-state index is 0.0118. The number of para-hydroxylation sites is 1. The van der Waals surface area contributed by atoms with E-state index in [0.717, 1.165) is 24.2 Å². The maximum absolute atomic E-state index is 12.5. The molecule has 1 N–H and O–H groups in total. The van der Waals surface area contributed by atoms with Gasteiger partial charge in [0.2, 0.25) is 11.8 Å². The molecule has 144 valence electrons. The minimum atomic E-state index is -0.265. The molecule has 1 aliphatic rings. The Morgan fingerprint density at radius 3 is 2.50 bits per heavy atom. The second kappa shape index (κ2) is 9.17. The van der Waals surface area contributed by atoms with Crippen LogP contribution in [0.25, 0.3) is 0 Å². The average molecular weight is 360 g/mol. The molecule has 1 heterocycles. The second-order valence-corrected chi connectivity index (χ2v) is 7.60. The zero-order valence-corrected chi connectivity index (χ0v) is 16.8. The molecule has 5 nitrogen and oxygen atoms in total. The quantitative estimate of drug-likeness (QED) is 0.776. The van der Waals surface area contributed by atoms with E-state index >= 15 is 0 Å². The smallest absolute Gasteiger partial charge is 0.227 e. The number of aryl methyl sites for hydroxylation is 1. The Bertz CT molecular complexity index is 619. The first-order valence-corrected chi connectivity index (χ1v) is 9.76. The molecule has 0 spiro atoms. The lowest BCUT2D eigenvalue weighted by atomic mass is 10.1. The van der Waals surface area contributed by atoms with Crippen LogP contribution in [-0.4, -0.2) is 48.4 Å². The van der Waals surface area contributed by atoms with Crippen LogP contribution < -0.4 is 10.2 Å². The summed E-state index contributed by atoms with van der Waals surface area (Å²) in [5.41, 5.74) is 2.09. The SMILES string of the molecule is CCc1ccccc1N1CC(C(=O)NCCN(C(C)C)C(C)C)CC1=O. The van der Waals surface area contributed by atoms with Crippen LogP contribution in [0.15, 0.2) is 24.3 Å². The molecule has 1 atom stereocenters. The highest BCUT2D eigenvalue weighted by Crippen LogP contribution is 2.28. The van der Waals surface area contributed by atoms with Gasteiger partial charge >= 0.3 is 0 Å². The normalized spacial score (nSPS) is 17.6. The van der Waals surface area contributed by atoms with Crippen LogP contribution in [0.1, 0.15) is 46.6 Å². The predicted octanol–water partition coefficient (Wildman–Crippen LogP) is 2.84. The van der Waals surface area contributed by atoms with Gasteiger partial charge in [-0.15, -0.1) is 0 Å². The van der Waals surface area contributed by atoms with Crippen molar-refractivity contribution in [1.82, 2.24) is 10.2 Å². The third kappa shape index (κ3) is 4.85. The molecule has 1 aliphatic heterocycles. The second-order valence-electron chi connectivity index (χ2n) is 7.60. The molecule has 0 bridgehead atoms. The van der Waals surface area contributed by atoms with Crippen molar-refractivity contribution < 1.29 is 9.59 Å². The zero-order valence-electron chi connectivity index (χ0n) is 16.8. The minimum Gasteiger partial charge on any atom is -0.355 e. The fourth-order valence-electron chi connectivity index (χ4n) is 3.75. The summed E-state index contributed by atoms with van der Waals surface area (Å²) in [5.74, 6) is -0.238. The standard InChI is InChI=1S/C21H33N3O2/c1-6-17-9-7-8-10-19(17)24-14-18(13-20(24)25)21(26)22-11-12-23(15(2)3)16(4)5/h7-10,15-16,18H,6,11-14H2,1-5H3,(H,22,26). The van der Waals surface area contributed by atoms with Crippen molar-refractivity contribution in [1.29, 1.82) is 0 Å². The molecule has 1 fully saturated rings. The van der Waals surface area contributed by atoms with Crippen LogP contribution in [0.3, 0.4) is 0 Å². The molecule has 1 aromatic rings. The van der Waals surface area contributed by atoms with Gasteiger partial charge in [0.1, 0.15) is 0 Å². The van der Waals surface area contributed by atoms with Crippen molar-refractivity contribution in [2.45, 2.75) is 59.5 Å². The Balaban J connectivity index is 1.92. The summed E-state index contributed by atoms with van der Waals surface area (Å²) in [6.45, 7) is 12.7. The zero-order chi connectivity index (χ0) is 19.3. The first kappa shape index (κ1) is 20.4. The van der Waals surface area contributed by atoms with E-state index in [1.54, 1.807) is 4.90 Å². The molecule has 1 saturated heterocycles. The van der Waals surface area contributed by atoms with Crippen LogP contribution in [0.4, 0.5) is 5.69 Å². The molecule has 2 amide bonds. The molecule has 2 rings (SSSR count). The van der Waals surface area contributed by atoms with Gasteiger partial charge in [-0.3, -0.25) is 14.5 Å². The summed E-state index contributed by atoms with van der Waals surface area (Å²) in [6.07, 6.45) is 1.17. The highest BCUT2D eigenvalue weighted by Gasteiger charge is 2.35. The summed E-state index contributed by atoms with van der Waals surface area (Å²) in [5, 5.41) is 3.03. The van der Waals surface area contributed by atoms with Crippen molar-refractivity contribution in [2.24, 2.45) is 5.92 Å². The van der Waals surface area contributed by atoms with Gasteiger partial charge in [-0.1, -0.05) is 25.1 Å². The van der Waals surface area contributed by atoms with E-state index in [4.69, 9.17) is 0 Å². The predicted molar refractivity (Wildman–Crippen MR) is 106 cm³/mol. The van der Waals surface area contributed by atoms with E-state index in [-0.39, 0.29) is 17.7 Å². The van der Waals surface area contributed by atoms with E-state index in [1.807, 2.05) is 24.3 Å². The third-order valence-electron chi connectivity index (χ3n) is 5.15. The highest BCUT2D eigenvalue weighted by molar-refractivity contribution is 6.00. The molecule has 1 unspecified atom stereocenters. The largest absolute Gasteiger partial charge is 0.355 e. The number of benzene rings is 1. The Kier molecular flexibility index (Phi) is 7.21. The van der Waals surface area contributed by atoms with E-state index in [0.29, 0.717) is 31.6 Å². The fourth-order valence-corrected chi connectivity index (χ4v) is 3.75. The van der Waals surface area contributed by atoms with Crippen LogP contribution >= 0.6 is 0 Å². The van der Waals surface area contributed by atoms with Gasteiger partial charge in [-0.2, -0.15) is 0 Å². The van der Waals surface area contributed by atoms with Crippen molar-refractivity contribution in [2.75, 3.05) is 24.5 Å². The molecule has 0 saturated carbocycles. The van der Waals surface area contributed by atoms with E-state index < -0.39 is 0 Å². The maximum atomic E-state index is 12.5. The lowest BCUT2D eigenvalue weighted by Gasteiger charge is -2.30. The number of rotatable bonds is 8. The summed E-state index contributed by atoms with van der Waals surface area (Å²) in [7, 11) is 0. The topological polar surface area (TPSA) is 52.7 Å². The number of hydrogen-bond donors (Lipinski definition) is 1. The molecule has 26 heavy (non-hydrogen) atoms. The number of amides is 2. The molecule has 0 aromatic heterocycles. The number of anilines is 1. The number of nitrogens with one attached hydrogen (secondary N) is 1. The van der Waals surface area contributed by atoms with E-state index in [2.05, 4.69) is 44.8 Å². The summed E-state index contributed by atoms with van der Waals surface area (Å²) >= 11 is 0. The molecule has 0 radical (unpaired) electrons. The Morgan fingerprint density at radius 1 is 1.23 bits per heavy atom. The summed E-state index contributed by atoms with van der Waals surface area (Å²) in [6, 6.07) is 8.84. The molecule has 5 heteroatoms.